The molecule has 0 aliphatic heterocycles. The lowest BCUT2D eigenvalue weighted by molar-refractivity contribution is -0.126. The van der Waals surface area contributed by atoms with Crippen LogP contribution in [-0.4, -0.2) is 11.6 Å². The van der Waals surface area contributed by atoms with Gasteiger partial charge in [-0.15, -0.1) is 0 Å². The summed E-state index contributed by atoms with van der Waals surface area (Å²) in [4.78, 5) is 24.1. The van der Waals surface area contributed by atoms with E-state index in [1.807, 2.05) is 0 Å². The van der Waals surface area contributed by atoms with E-state index in [0.29, 0.717) is 29.3 Å². The fourth-order valence-electron chi connectivity index (χ4n) is 6.99. The van der Waals surface area contributed by atoms with Gasteiger partial charge in [-0.25, -0.2) is 0 Å². The van der Waals surface area contributed by atoms with Crippen molar-refractivity contribution in [3.63, 3.8) is 0 Å². The number of carbonyl (C=O) groups excluding carboxylic acids is 2. The number of hydrogen-bond donors (Lipinski definition) is 0. The Balaban J connectivity index is 1.71. The predicted molar refractivity (Wildman–Crippen MR) is 91.0 cm³/mol. The first-order valence-electron chi connectivity index (χ1n) is 9.60. The highest BCUT2D eigenvalue weighted by Gasteiger charge is 2.56. The van der Waals surface area contributed by atoms with Gasteiger partial charge >= 0.3 is 0 Å². The number of Topliss-reactive ketones (excluding diaryl/α,β-unsaturated/α-hetero) is 2. The van der Waals surface area contributed by atoms with E-state index in [-0.39, 0.29) is 10.8 Å². The standard InChI is InChI=1S/C21H30O2/c1-13(22)17-6-7-19-16-8-10-20(2)12-14(23)4-5-18(20)15(16)9-11-21(17,19)3/h16-17,19H,4-12H2,1-3H3/t16-,17-,19+,20-,21-/m1/s1. The van der Waals surface area contributed by atoms with Crippen molar-refractivity contribution >= 4 is 11.6 Å². The minimum Gasteiger partial charge on any atom is -0.300 e. The average Bonchev–Trinajstić information content (AvgIpc) is 2.83. The molecule has 0 unspecified atom stereocenters. The second-order valence-corrected chi connectivity index (χ2v) is 9.28. The molecule has 0 N–H and O–H groups in total. The third-order valence-corrected chi connectivity index (χ3v) is 8.13. The third kappa shape index (κ3) is 2.13. The van der Waals surface area contributed by atoms with E-state index >= 15 is 0 Å². The molecule has 3 saturated carbocycles. The second kappa shape index (κ2) is 5.04. The number of rotatable bonds is 1. The maximum Gasteiger partial charge on any atom is 0.134 e. The molecule has 4 rings (SSSR count). The summed E-state index contributed by atoms with van der Waals surface area (Å²) in [5, 5.41) is 0. The minimum atomic E-state index is 0.160. The van der Waals surface area contributed by atoms with Crippen molar-refractivity contribution < 1.29 is 9.59 Å². The smallest absolute Gasteiger partial charge is 0.134 e. The summed E-state index contributed by atoms with van der Waals surface area (Å²) in [6.07, 6.45) is 9.68. The van der Waals surface area contributed by atoms with E-state index in [1.165, 1.54) is 32.1 Å². The Kier molecular flexibility index (Phi) is 3.42. The van der Waals surface area contributed by atoms with Crippen LogP contribution < -0.4 is 0 Å². The van der Waals surface area contributed by atoms with Crippen LogP contribution in [0, 0.1) is 28.6 Å². The number of ketones is 2. The van der Waals surface area contributed by atoms with Gasteiger partial charge in [-0.3, -0.25) is 9.59 Å². The van der Waals surface area contributed by atoms with Gasteiger partial charge in [0.15, 0.2) is 0 Å². The van der Waals surface area contributed by atoms with E-state index in [1.54, 1.807) is 18.1 Å². The number of fused-ring (bicyclic) bond motifs is 4. The summed E-state index contributed by atoms with van der Waals surface area (Å²) in [6, 6.07) is 0. The molecule has 0 bridgehead atoms. The summed E-state index contributed by atoms with van der Waals surface area (Å²) >= 11 is 0. The first-order chi connectivity index (χ1) is 10.8. The first kappa shape index (κ1) is 15.6. The Morgan fingerprint density at radius 1 is 1.04 bits per heavy atom. The molecule has 3 fully saturated rings. The molecule has 0 aromatic heterocycles. The van der Waals surface area contributed by atoms with Crippen LogP contribution >= 0.6 is 0 Å². The van der Waals surface area contributed by atoms with Gasteiger partial charge in [-0.2, -0.15) is 0 Å². The van der Waals surface area contributed by atoms with Crippen molar-refractivity contribution in [1.82, 2.24) is 0 Å². The lowest BCUT2D eigenvalue weighted by Gasteiger charge is -2.52. The van der Waals surface area contributed by atoms with Crippen LogP contribution in [0.5, 0.6) is 0 Å². The van der Waals surface area contributed by atoms with Crippen LogP contribution in [0.15, 0.2) is 11.1 Å². The van der Waals surface area contributed by atoms with E-state index in [9.17, 15) is 9.59 Å². The zero-order valence-corrected chi connectivity index (χ0v) is 14.9. The minimum absolute atomic E-state index is 0.160. The lowest BCUT2D eigenvalue weighted by atomic mass is 9.52. The highest BCUT2D eigenvalue weighted by Crippen LogP contribution is 2.64. The van der Waals surface area contributed by atoms with E-state index in [4.69, 9.17) is 0 Å². The Labute approximate surface area is 140 Å². The molecule has 0 aromatic rings. The molecule has 5 atom stereocenters. The summed E-state index contributed by atoms with van der Waals surface area (Å²) < 4.78 is 0. The van der Waals surface area contributed by atoms with Crippen molar-refractivity contribution in [2.24, 2.45) is 28.6 Å². The van der Waals surface area contributed by atoms with E-state index < -0.39 is 0 Å². The molecule has 0 aromatic carbocycles. The van der Waals surface area contributed by atoms with Crippen molar-refractivity contribution in [2.75, 3.05) is 0 Å². The Morgan fingerprint density at radius 3 is 2.57 bits per heavy atom. The maximum absolute atomic E-state index is 12.1. The van der Waals surface area contributed by atoms with Crippen LogP contribution in [0.1, 0.15) is 78.6 Å². The molecule has 4 aliphatic rings. The maximum atomic E-state index is 12.1. The lowest BCUT2D eigenvalue weighted by Crippen LogP contribution is -2.44. The zero-order chi connectivity index (χ0) is 16.4. The van der Waals surface area contributed by atoms with Gasteiger partial charge in [-0.1, -0.05) is 25.0 Å². The largest absolute Gasteiger partial charge is 0.300 e. The monoisotopic (exact) mass is 314 g/mol. The first-order valence-corrected chi connectivity index (χ1v) is 9.60. The normalized spacial score (nSPS) is 46.2. The van der Waals surface area contributed by atoms with Gasteiger partial charge in [0.25, 0.3) is 0 Å². The van der Waals surface area contributed by atoms with Gasteiger partial charge in [0.05, 0.1) is 0 Å². The average molecular weight is 314 g/mol. The molecule has 0 saturated heterocycles. The van der Waals surface area contributed by atoms with E-state index in [0.717, 1.165) is 25.7 Å². The molecular formula is C21H30O2. The number of hydrogen-bond acceptors (Lipinski definition) is 2. The summed E-state index contributed by atoms with van der Waals surface area (Å²) in [5.41, 5.74) is 3.77. The van der Waals surface area contributed by atoms with Crippen molar-refractivity contribution in [3.8, 4) is 0 Å². The molecule has 0 amide bonds. The molecule has 0 radical (unpaired) electrons. The Hall–Kier alpha value is -0.920. The fourth-order valence-corrected chi connectivity index (χ4v) is 6.99. The molecule has 0 spiro atoms. The van der Waals surface area contributed by atoms with Gasteiger partial charge in [0.2, 0.25) is 0 Å². The zero-order valence-electron chi connectivity index (χ0n) is 14.9. The van der Waals surface area contributed by atoms with Crippen LogP contribution in [0.4, 0.5) is 0 Å². The Morgan fingerprint density at radius 2 is 1.83 bits per heavy atom. The molecule has 126 valence electrons. The highest BCUT2D eigenvalue weighted by atomic mass is 16.1. The molecular weight excluding hydrogens is 284 g/mol. The fraction of sp³-hybridized carbons (Fsp3) is 0.810. The van der Waals surface area contributed by atoms with Gasteiger partial charge < -0.3 is 0 Å². The second-order valence-electron chi connectivity index (χ2n) is 9.28. The third-order valence-electron chi connectivity index (χ3n) is 8.13. The van der Waals surface area contributed by atoms with Gasteiger partial charge in [0.1, 0.15) is 11.6 Å². The van der Waals surface area contributed by atoms with Gasteiger partial charge in [0, 0.05) is 18.8 Å². The topological polar surface area (TPSA) is 34.1 Å². The van der Waals surface area contributed by atoms with Crippen LogP contribution in [0.3, 0.4) is 0 Å². The van der Waals surface area contributed by atoms with Crippen LogP contribution in [0.25, 0.3) is 0 Å². The van der Waals surface area contributed by atoms with Crippen molar-refractivity contribution in [1.29, 1.82) is 0 Å². The van der Waals surface area contributed by atoms with Crippen LogP contribution in [0.2, 0.25) is 0 Å². The highest BCUT2D eigenvalue weighted by molar-refractivity contribution is 5.81. The van der Waals surface area contributed by atoms with Crippen molar-refractivity contribution in [2.45, 2.75) is 78.6 Å². The van der Waals surface area contributed by atoms with Crippen LogP contribution in [-0.2, 0) is 9.59 Å². The van der Waals surface area contributed by atoms with Crippen molar-refractivity contribution in [3.05, 3.63) is 11.1 Å². The SMILES string of the molecule is CC(=O)[C@H]1CC[C@H]2[C@@H]3CC[C@]4(C)CC(=O)CCC4=C3CC[C@]12C. The quantitative estimate of drug-likeness (QED) is 0.647. The molecule has 2 heteroatoms. The molecule has 23 heavy (non-hydrogen) atoms. The molecule has 2 nitrogen and oxygen atoms in total. The summed E-state index contributed by atoms with van der Waals surface area (Å²) in [5.74, 6) is 2.58. The molecule has 4 aliphatic carbocycles. The van der Waals surface area contributed by atoms with E-state index in [2.05, 4.69) is 13.8 Å². The summed E-state index contributed by atoms with van der Waals surface area (Å²) in [7, 11) is 0. The predicted octanol–water partition coefficient (Wildman–Crippen LogP) is 4.87. The number of allylic oxidation sites excluding steroid dienone is 2. The van der Waals surface area contributed by atoms with Gasteiger partial charge in [-0.05, 0) is 74.5 Å². The summed E-state index contributed by atoms with van der Waals surface area (Å²) in [6.45, 7) is 6.54. The Bertz CT molecular complexity index is 601. The molecule has 0 heterocycles. The number of carbonyl (C=O) groups is 2.